The molecular weight excluding hydrogens is 424 g/mol. The Morgan fingerprint density at radius 2 is 1.11 bits per heavy atom. The van der Waals surface area contributed by atoms with E-state index in [-0.39, 0.29) is 0 Å². The van der Waals surface area contributed by atoms with E-state index in [1.165, 1.54) is 66.0 Å². The molecule has 2 aromatic heterocycles. The number of aromatic nitrogens is 2. The van der Waals surface area contributed by atoms with Gasteiger partial charge in [-0.3, -0.25) is 4.98 Å². The van der Waals surface area contributed by atoms with Gasteiger partial charge in [-0.1, -0.05) is 78.9 Å². The average Bonchev–Trinajstić information content (AvgIpc) is 3.43. The van der Waals surface area contributed by atoms with Crippen LogP contribution in [0.5, 0.6) is 0 Å². The highest BCUT2D eigenvalue weighted by Crippen LogP contribution is 2.49. The Labute approximate surface area is 202 Å². The molecule has 8 rings (SSSR count). The molecular formula is C33H20N2. The fourth-order valence-corrected chi connectivity index (χ4v) is 5.97. The predicted molar refractivity (Wildman–Crippen MR) is 146 cm³/mol. The number of para-hydroxylation sites is 1. The number of benzene rings is 5. The zero-order valence-electron chi connectivity index (χ0n) is 18.9. The van der Waals surface area contributed by atoms with Gasteiger partial charge in [-0.2, -0.15) is 0 Å². The van der Waals surface area contributed by atoms with E-state index in [4.69, 9.17) is 0 Å². The van der Waals surface area contributed by atoms with Crippen LogP contribution in [0.25, 0.3) is 71.6 Å². The number of fused-ring (bicyclic) bond motifs is 6. The summed E-state index contributed by atoms with van der Waals surface area (Å²) in [5.74, 6) is 0. The molecule has 0 unspecified atom stereocenters. The number of pyridine rings is 1. The fourth-order valence-electron chi connectivity index (χ4n) is 5.97. The minimum absolute atomic E-state index is 1.13. The molecule has 0 amide bonds. The van der Waals surface area contributed by atoms with E-state index in [9.17, 15) is 0 Å². The van der Waals surface area contributed by atoms with Crippen LogP contribution in [-0.4, -0.2) is 9.55 Å². The summed E-state index contributed by atoms with van der Waals surface area (Å²) in [4.78, 5) is 4.22. The standard InChI is InChI=1S/C33H20N2/c1-2-7-25-24(6-1)28-10-5-9-27-23(13-14-29(25)33(27)28)21-12-15-32-30(20-21)26-8-3-4-11-31(26)35(32)22-16-18-34-19-17-22/h1-20H. The third-order valence-electron chi connectivity index (χ3n) is 7.45. The van der Waals surface area contributed by atoms with Gasteiger partial charge in [0.1, 0.15) is 0 Å². The summed E-state index contributed by atoms with van der Waals surface area (Å²) in [6.45, 7) is 0. The first-order valence-corrected chi connectivity index (χ1v) is 12.0. The zero-order valence-corrected chi connectivity index (χ0v) is 18.9. The van der Waals surface area contributed by atoms with Crippen molar-refractivity contribution in [2.24, 2.45) is 0 Å². The lowest BCUT2D eigenvalue weighted by atomic mass is 9.93. The minimum atomic E-state index is 1.13. The molecule has 7 aromatic rings. The Hall–Kier alpha value is -4.69. The van der Waals surface area contributed by atoms with Gasteiger partial charge < -0.3 is 4.57 Å². The van der Waals surface area contributed by atoms with Crippen LogP contribution in [0, 0.1) is 0 Å². The SMILES string of the molecule is c1ccc2c(c1)-c1cccc3c(-c4ccc5c(c4)c4ccccc4n5-c4ccncc4)ccc-2c13. The first kappa shape index (κ1) is 18.7. The quantitative estimate of drug-likeness (QED) is 0.261. The average molecular weight is 445 g/mol. The van der Waals surface area contributed by atoms with Crippen LogP contribution in [0.15, 0.2) is 122 Å². The number of hydrogen-bond acceptors (Lipinski definition) is 1. The molecule has 1 aliphatic rings. The summed E-state index contributed by atoms with van der Waals surface area (Å²) in [6.07, 6.45) is 3.71. The van der Waals surface area contributed by atoms with Gasteiger partial charge in [-0.05, 0) is 74.5 Å². The van der Waals surface area contributed by atoms with E-state index in [2.05, 4.69) is 119 Å². The van der Waals surface area contributed by atoms with E-state index in [0.29, 0.717) is 0 Å². The largest absolute Gasteiger partial charge is 0.309 e. The van der Waals surface area contributed by atoms with Crippen LogP contribution in [0.4, 0.5) is 0 Å². The maximum atomic E-state index is 4.22. The highest BCUT2D eigenvalue weighted by Gasteiger charge is 2.22. The summed E-state index contributed by atoms with van der Waals surface area (Å²) in [6, 6.07) is 39.8. The zero-order chi connectivity index (χ0) is 22.9. The third-order valence-corrected chi connectivity index (χ3v) is 7.45. The van der Waals surface area contributed by atoms with Gasteiger partial charge in [0.2, 0.25) is 0 Å². The van der Waals surface area contributed by atoms with Crippen LogP contribution in [0.3, 0.4) is 0 Å². The molecule has 1 aliphatic carbocycles. The van der Waals surface area contributed by atoms with Crippen LogP contribution in [-0.2, 0) is 0 Å². The second kappa shape index (κ2) is 6.91. The molecule has 0 radical (unpaired) electrons. The minimum Gasteiger partial charge on any atom is -0.309 e. The molecule has 2 heteroatoms. The lowest BCUT2D eigenvalue weighted by molar-refractivity contribution is 1.16. The van der Waals surface area contributed by atoms with Crippen LogP contribution < -0.4 is 0 Å². The normalized spacial score (nSPS) is 12.0. The van der Waals surface area contributed by atoms with Crippen molar-refractivity contribution >= 4 is 32.6 Å². The lowest BCUT2D eigenvalue weighted by Crippen LogP contribution is -1.93. The van der Waals surface area contributed by atoms with Crippen LogP contribution in [0.1, 0.15) is 0 Å². The van der Waals surface area contributed by atoms with Crippen molar-refractivity contribution in [2.45, 2.75) is 0 Å². The van der Waals surface area contributed by atoms with Crippen LogP contribution in [0.2, 0.25) is 0 Å². The molecule has 0 saturated heterocycles. The van der Waals surface area contributed by atoms with E-state index in [1.807, 2.05) is 12.4 Å². The Kier molecular flexibility index (Phi) is 3.69. The molecule has 2 heterocycles. The Balaban J connectivity index is 1.41. The summed E-state index contributed by atoms with van der Waals surface area (Å²) in [5.41, 5.74) is 11.4. The Bertz CT molecular complexity index is 1910. The van der Waals surface area contributed by atoms with Gasteiger partial charge in [0.25, 0.3) is 0 Å². The summed E-state index contributed by atoms with van der Waals surface area (Å²) < 4.78 is 2.33. The molecule has 5 aromatic carbocycles. The Morgan fingerprint density at radius 3 is 1.97 bits per heavy atom. The van der Waals surface area contributed by atoms with Gasteiger partial charge >= 0.3 is 0 Å². The highest BCUT2D eigenvalue weighted by atomic mass is 15.0. The summed E-state index contributed by atoms with van der Waals surface area (Å²) >= 11 is 0. The van der Waals surface area contributed by atoms with Crippen molar-refractivity contribution in [3.05, 3.63) is 122 Å². The van der Waals surface area contributed by atoms with Crippen molar-refractivity contribution in [3.63, 3.8) is 0 Å². The maximum absolute atomic E-state index is 4.22. The Morgan fingerprint density at radius 1 is 0.457 bits per heavy atom. The van der Waals surface area contributed by atoms with Crippen molar-refractivity contribution in [1.29, 1.82) is 0 Å². The smallest absolute Gasteiger partial charge is 0.0541 e. The van der Waals surface area contributed by atoms with Crippen molar-refractivity contribution in [1.82, 2.24) is 9.55 Å². The maximum Gasteiger partial charge on any atom is 0.0541 e. The first-order valence-electron chi connectivity index (χ1n) is 12.0. The lowest BCUT2D eigenvalue weighted by Gasteiger charge is -2.11. The predicted octanol–water partition coefficient (Wildman–Crippen LogP) is 8.65. The van der Waals surface area contributed by atoms with E-state index >= 15 is 0 Å². The van der Waals surface area contributed by atoms with Crippen LogP contribution >= 0.6 is 0 Å². The number of nitrogens with zero attached hydrogens (tertiary/aromatic N) is 2. The van der Waals surface area contributed by atoms with E-state index in [1.54, 1.807) is 0 Å². The molecule has 0 N–H and O–H groups in total. The van der Waals surface area contributed by atoms with Crippen molar-refractivity contribution in [3.8, 4) is 39.1 Å². The molecule has 0 saturated carbocycles. The van der Waals surface area contributed by atoms with Gasteiger partial charge in [-0.25, -0.2) is 0 Å². The number of hydrogen-bond donors (Lipinski definition) is 0. The summed E-state index contributed by atoms with van der Waals surface area (Å²) in [7, 11) is 0. The first-order chi connectivity index (χ1) is 17.4. The molecule has 2 nitrogen and oxygen atoms in total. The highest BCUT2D eigenvalue weighted by molar-refractivity contribution is 6.19. The molecule has 0 fully saturated rings. The van der Waals surface area contributed by atoms with E-state index in [0.717, 1.165) is 5.69 Å². The van der Waals surface area contributed by atoms with E-state index < -0.39 is 0 Å². The molecule has 35 heavy (non-hydrogen) atoms. The van der Waals surface area contributed by atoms with Gasteiger partial charge in [0.05, 0.1) is 11.0 Å². The number of rotatable bonds is 2. The molecule has 0 aliphatic heterocycles. The topological polar surface area (TPSA) is 17.8 Å². The van der Waals surface area contributed by atoms with Crippen molar-refractivity contribution < 1.29 is 0 Å². The van der Waals surface area contributed by atoms with Gasteiger partial charge in [0.15, 0.2) is 0 Å². The molecule has 162 valence electrons. The van der Waals surface area contributed by atoms with Gasteiger partial charge in [0, 0.05) is 28.9 Å². The molecule has 0 atom stereocenters. The monoisotopic (exact) mass is 444 g/mol. The summed E-state index contributed by atoms with van der Waals surface area (Å²) in [5, 5.41) is 5.21. The second-order valence-corrected chi connectivity index (χ2v) is 9.22. The van der Waals surface area contributed by atoms with Gasteiger partial charge in [-0.15, -0.1) is 0 Å². The van der Waals surface area contributed by atoms with Crippen molar-refractivity contribution in [2.75, 3.05) is 0 Å². The molecule has 0 spiro atoms. The molecule has 0 bridgehead atoms. The second-order valence-electron chi connectivity index (χ2n) is 9.22. The third kappa shape index (κ3) is 2.51. The fraction of sp³-hybridized carbons (Fsp3) is 0.